The summed E-state index contributed by atoms with van der Waals surface area (Å²) in [5.41, 5.74) is 7.04. The number of anilines is 1. The van der Waals surface area contributed by atoms with Gasteiger partial charge < -0.3 is 4.90 Å². The van der Waals surface area contributed by atoms with Gasteiger partial charge in [0, 0.05) is 19.3 Å². The molecule has 1 aliphatic heterocycles. The molecule has 1 heterocycles. The van der Waals surface area contributed by atoms with E-state index in [0.717, 1.165) is 13.0 Å². The van der Waals surface area contributed by atoms with Gasteiger partial charge in [-0.1, -0.05) is 36.4 Å². The van der Waals surface area contributed by atoms with Gasteiger partial charge in [0.1, 0.15) is 0 Å². The van der Waals surface area contributed by atoms with Gasteiger partial charge in [-0.15, -0.1) is 0 Å². The highest BCUT2D eigenvalue weighted by Gasteiger charge is 2.19. The molecule has 0 N–H and O–H groups in total. The van der Waals surface area contributed by atoms with Crippen molar-refractivity contribution in [1.29, 1.82) is 0 Å². The Morgan fingerprint density at radius 3 is 2.53 bits per heavy atom. The first-order valence-electron chi connectivity index (χ1n) is 6.16. The van der Waals surface area contributed by atoms with E-state index in [4.69, 9.17) is 0 Å². The standard InChI is InChI=1S/C16H17N/c1-12-6-3-4-7-13(12)14-8-5-9-16-15(14)10-11-17(16)2/h3-9H,10-11H2,1-2H3. The summed E-state index contributed by atoms with van der Waals surface area (Å²) in [5, 5.41) is 0. The van der Waals surface area contributed by atoms with E-state index >= 15 is 0 Å². The van der Waals surface area contributed by atoms with E-state index in [2.05, 4.69) is 61.3 Å². The molecule has 1 aliphatic rings. The van der Waals surface area contributed by atoms with Crippen molar-refractivity contribution in [3.63, 3.8) is 0 Å². The minimum Gasteiger partial charge on any atom is -0.374 e. The highest BCUT2D eigenvalue weighted by atomic mass is 15.1. The number of rotatable bonds is 1. The summed E-state index contributed by atoms with van der Waals surface area (Å²) in [5.74, 6) is 0. The molecular formula is C16H17N. The van der Waals surface area contributed by atoms with Gasteiger partial charge in [0.25, 0.3) is 0 Å². The maximum Gasteiger partial charge on any atom is 0.0403 e. The minimum absolute atomic E-state index is 1.14. The van der Waals surface area contributed by atoms with Crippen LogP contribution >= 0.6 is 0 Å². The Morgan fingerprint density at radius 1 is 0.941 bits per heavy atom. The van der Waals surface area contributed by atoms with E-state index in [-0.39, 0.29) is 0 Å². The second kappa shape index (κ2) is 3.92. The van der Waals surface area contributed by atoms with Gasteiger partial charge in [-0.3, -0.25) is 0 Å². The number of hydrogen-bond acceptors (Lipinski definition) is 1. The molecule has 3 rings (SSSR count). The van der Waals surface area contributed by atoms with E-state index in [0.29, 0.717) is 0 Å². The smallest absolute Gasteiger partial charge is 0.0403 e. The van der Waals surface area contributed by atoms with Crippen molar-refractivity contribution < 1.29 is 0 Å². The first kappa shape index (κ1) is 10.4. The van der Waals surface area contributed by atoms with Gasteiger partial charge in [0.05, 0.1) is 0 Å². The van der Waals surface area contributed by atoms with Crippen LogP contribution in [0.5, 0.6) is 0 Å². The van der Waals surface area contributed by atoms with Gasteiger partial charge in [0.2, 0.25) is 0 Å². The normalized spacial score (nSPS) is 13.9. The maximum absolute atomic E-state index is 2.34. The van der Waals surface area contributed by atoms with Gasteiger partial charge in [-0.25, -0.2) is 0 Å². The Kier molecular flexibility index (Phi) is 2.40. The fourth-order valence-corrected chi connectivity index (χ4v) is 2.72. The summed E-state index contributed by atoms with van der Waals surface area (Å²) in [6, 6.07) is 15.3. The first-order valence-corrected chi connectivity index (χ1v) is 6.16. The molecule has 2 aromatic carbocycles. The summed E-state index contributed by atoms with van der Waals surface area (Å²) in [6.45, 7) is 3.33. The van der Waals surface area contributed by atoms with E-state index in [1.165, 1.54) is 27.9 Å². The lowest BCUT2D eigenvalue weighted by atomic mass is 9.95. The third kappa shape index (κ3) is 1.62. The van der Waals surface area contributed by atoms with Crippen molar-refractivity contribution in [2.24, 2.45) is 0 Å². The average Bonchev–Trinajstić information content (AvgIpc) is 2.72. The summed E-state index contributed by atoms with van der Waals surface area (Å²) < 4.78 is 0. The number of nitrogens with zero attached hydrogens (tertiary/aromatic N) is 1. The second-order valence-electron chi connectivity index (χ2n) is 4.79. The fraction of sp³-hybridized carbons (Fsp3) is 0.250. The van der Waals surface area contributed by atoms with Crippen LogP contribution in [-0.4, -0.2) is 13.6 Å². The Bertz CT molecular complexity index is 557. The molecule has 0 fully saturated rings. The van der Waals surface area contributed by atoms with Crippen LogP contribution in [0.2, 0.25) is 0 Å². The molecule has 0 saturated carbocycles. The predicted octanol–water partition coefficient (Wildman–Crippen LogP) is 3.65. The van der Waals surface area contributed by atoms with Crippen molar-refractivity contribution in [3.05, 3.63) is 53.6 Å². The molecule has 86 valence electrons. The first-order chi connectivity index (χ1) is 8.27. The zero-order valence-corrected chi connectivity index (χ0v) is 10.4. The molecule has 0 saturated heterocycles. The quantitative estimate of drug-likeness (QED) is 0.713. The Balaban J connectivity index is 2.20. The van der Waals surface area contributed by atoms with Crippen LogP contribution in [-0.2, 0) is 6.42 Å². The van der Waals surface area contributed by atoms with Crippen LogP contribution in [0.15, 0.2) is 42.5 Å². The van der Waals surface area contributed by atoms with Crippen molar-refractivity contribution in [2.75, 3.05) is 18.5 Å². The van der Waals surface area contributed by atoms with Crippen LogP contribution in [0.1, 0.15) is 11.1 Å². The number of fused-ring (bicyclic) bond motifs is 1. The molecule has 0 spiro atoms. The van der Waals surface area contributed by atoms with Crippen LogP contribution in [0.25, 0.3) is 11.1 Å². The minimum atomic E-state index is 1.14. The molecule has 0 atom stereocenters. The number of hydrogen-bond donors (Lipinski definition) is 0. The Labute approximate surface area is 103 Å². The SMILES string of the molecule is Cc1ccccc1-c1cccc2c1CCN2C. The Morgan fingerprint density at radius 2 is 1.71 bits per heavy atom. The lowest BCUT2D eigenvalue weighted by molar-refractivity contribution is 0.956. The number of aryl methyl sites for hydroxylation is 1. The molecule has 0 unspecified atom stereocenters. The molecule has 2 aromatic rings. The van der Waals surface area contributed by atoms with Gasteiger partial charge >= 0.3 is 0 Å². The second-order valence-corrected chi connectivity index (χ2v) is 4.79. The van der Waals surface area contributed by atoms with Crippen molar-refractivity contribution >= 4 is 5.69 Å². The lowest BCUT2D eigenvalue weighted by Crippen LogP contribution is -2.12. The molecule has 0 bridgehead atoms. The summed E-state index contributed by atoms with van der Waals surface area (Å²) in [6.07, 6.45) is 1.16. The number of likely N-dealkylation sites (N-methyl/N-ethyl adjacent to an activating group) is 1. The summed E-state index contributed by atoms with van der Waals surface area (Å²) in [4.78, 5) is 2.34. The number of benzene rings is 2. The fourth-order valence-electron chi connectivity index (χ4n) is 2.72. The monoisotopic (exact) mass is 223 g/mol. The predicted molar refractivity (Wildman–Crippen MR) is 73.6 cm³/mol. The van der Waals surface area contributed by atoms with Crippen molar-refractivity contribution in [1.82, 2.24) is 0 Å². The van der Waals surface area contributed by atoms with Crippen LogP contribution in [0.3, 0.4) is 0 Å². The molecule has 1 nitrogen and oxygen atoms in total. The Hall–Kier alpha value is -1.76. The zero-order chi connectivity index (χ0) is 11.8. The molecule has 0 amide bonds. The lowest BCUT2D eigenvalue weighted by Gasteiger charge is -2.14. The van der Waals surface area contributed by atoms with E-state index < -0.39 is 0 Å². The van der Waals surface area contributed by atoms with Crippen LogP contribution in [0, 0.1) is 6.92 Å². The largest absolute Gasteiger partial charge is 0.374 e. The van der Waals surface area contributed by atoms with Gasteiger partial charge in [-0.05, 0) is 41.7 Å². The molecule has 0 aromatic heterocycles. The molecular weight excluding hydrogens is 206 g/mol. The van der Waals surface area contributed by atoms with Gasteiger partial charge in [0.15, 0.2) is 0 Å². The third-order valence-electron chi connectivity index (χ3n) is 3.69. The average molecular weight is 223 g/mol. The molecule has 1 heteroatoms. The zero-order valence-electron chi connectivity index (χ0n) is 10.4. The van der Waals surface area contributed by atoms with E-state index in [1.54, 1.807) is 0 Å². The maximum atomic E-state index is 2.34. The van der Waals surface area contributed by atoms with E-state index in [9.17, 15) is 0 Å². The molecule has 0 radical (unpaired) electrons. The topological polar surface area (TPSA) is 3.24 Å². The van der Waals surface area contributed by atoms with Crippen molar-refractivity contribution in [3.8, 4) is 11.1 Å². The molecule has 17 heavy (non-hydrogen) atoms. The highest BCUT2D eigenvalue weighted by Crippen LogP contribution is 2.36. The van der Waals surface area contributed by atoms with Crippen LogP contribution < -0.4 is 4.90 Å². The van der Waals surface area contributed by atoms with Gasteiger partial charge in [-0.2, -0.15) is 0 Å². The third-order valence-corrected chi connectivity index (χ3v) is 3.69. The van der Waals surface area contributed by atoms with Crippen LogP contribution in [0.4, 0.5) is 5.69 Å². The highest BCUT2D eigenvalue weighted by molar-refractivity contribution is 5.78. The molecule has 0 aliphatic carbocycles. The summed E-state index contributed by atoms with van der Waals surface area (Å²) in [7, 11) is 2.17. The van der Waals surface area contributed by atoms with E-state index in [1.807, 2.05) is 0 Å². The van der Waals surface area contributed by atoms with Crippen molar-refractivity contribution in [2.45, 2.75) is 13.3 Å². The summed E-state index contributed by atoms with van der Waals surface area (Å²) >= 11 is 0.